The van der Waals surface area contributed by atoms with Crippen LogP contribution >= 0.6 is 0 Å². The molecule has 0 atom stereocenters. The van der Waals surface area contributed by atoms with Gasteiger partial charge in [0.2, 0.25) is 0 Å². The maximum Gasteiger partial charge on any atom is 0.417 e. The van der Waals surface area contributed by atoms with Crippen molar-refractivity contribution in [3.05, 3.63) is 71.4 Å². The van der Waals surface area contributed by atoms with E-state index in [-0.39, 0.29) is 12.3 Å². The molecule has 0 bridgehead atoms. The lowest BCUT2D eigenvalue weighted by Gasteiger charge is -2.13. The fourth-order valence-corrected chi connectivity index (χ4v) is 2.79. The van der Waals surface area contributed by atoms with Crippen LogP contribution in [0.5, 0.6) is 0 Å². The second kappa shape index (κ2) is 7.24. The maximum absolute atomic E-state index is 13.2. The van der Waals surface area contributed by atoms with Crippen LogP contribution in [0.2, 0.25) is 0 Å². The SMILES string of the molecule is Cn1cc(NC(=O)c2ccccc2C(F)(F)F)c(-c2ccccc2CO)n1. The largest absolute Gasteiger partial charge is 0.417 e. The van der Waals surface area contributed by atoms with Gasteiger partial charge in [0.15, 0.2) is 0 Å². The Morgan fingerprint density at radius 3 is 2.52 bits per heavy atom. The molecule has 0 spiro atoms. The number of aromatic nitrogens is 2. The molecule has 0 unspecified atom stereocenters. The molecule has 5 nitrogen and oxygen atoms in total. The Bertz CT molecular complexity index is 980. The van der Waals surface area contributed by atoms with Crippen LogP contribution in [-0.2, 0) is 19.8 Å². The van der Waals surface area contributed by atoms with Gasteiger partial charge in [0.05, 0.1) is 23.4 Å². The fraction of sp³-hybridized carbons (Fsp3) is 0.158. The second-order valence-electron chi connectivity index (χ2n) is 5.88. The summed E-state index contributed by atoms with van der Waals surface area (Å²) in [7, 11) is 1.63. The topological polar surface area (TPSA) is 67.2 Å². The van der Waals surface area contributed by atoms with Gasteiger partial charge < -0.3 is 10.4 Å². The molecule has 0 saturated carbocycles. The number of aryl methyl sites for hydroxylation is 1. The molecule has 140 valence electrons. The molecule has 3 aromatic rings. The lowest BCUT2D eigenvalue weighted by atomic mass is 10.0. The van der Waals surface area contributed by atoms with E-state index in [9.17, 15) is 23.1 Å². The van der Waals surface area contributed by atoms with Gasteiger partial charge in [-0.3, -0.25) is 9.48 Å². The summed E-state index contributed by atoms with van der Waals surface area (Å²) in [6.07, 6.45) is -3.15. The van der Waals surface area contributed by atoms with Gasteiger partial charge in [-0.05, 0) is 17.7 Å². The van der Waals surface area contributed by atoms with Gasteiger partial charge in [-0.2, -0.15) is 18.3 Å². The molecule has 2 aromatic carbocycles. The van der Waals surface area contributed by atoms with Crippen molar-refractivity contribution in [1.29, 1.82) is 0 Å². The number of halogens is 3. The van der Waals surface area contributed by atoms with Gasteiger partial charge in [0.25, 0.3) is 5.91 Å². The molecule has 1 aromatic heterocycles. The van der Waals surface area contributed by atoms with Crippen LogP contribution in [0.1, 0.15) is 21.5 Å². The lowest BCUT2D eigenvalue weighted by molar-refractivity contribution is -0.137. The number of hydrogen-bond acceptors (Lipinski definition) is 3. The third-order valence-electron chi connectivity index (χ3n) is 4.00. The molecule has 27 heavy (non-hydrogen) atoms. The monoisotopic (exact) mass is 375 g/mol. The van der Waals surface area contributed by atoms with Crippen LogP contribution in [0.15, 0.2) is 54.7 Å². The average Bonchev–Trinajstić information content (AvgIpc) is 3.00. The Kier molecular flexibility index (Phi) is 5.00. The zero-order chi connectivity index (χ0) is 19.6. The predicted octanol–water partition coefficient (Wildman–Crippen LogP) is 3.85. The summed E-state index contributed by atoms with van der Waals surface area (Å²) < 4.78 is 41.0. The highest BCUT2D eigenvalue weighted by Crippen LogP contribution is 2.33. The van der Waals surface area contributed by atoms with Gasteiger partial charge in [0.1, 0.15) is 5.69 Å². The standard InChI is InChI=1S/C19H16F3N3O2/c1-25-10-16(17(24-25)13-7-3-2-6-12(13)11-26)23-18(27)14-8-4-5-9-15(14)19(20,21)22/h2-10,26H,11H2,1H3,(H,23,27). The van der Waals surface area contributed by atoms with Gasteiger partial charge in [-0.15, -0.1) is 0 Å². The summed E-state index contributed by atoms with van der Waals surface area (Å²) >= 11 is 0. The minimum absolute atomic E-state index is 0.239. The zero-order valence-corrected chi connectivity index (χ0v) is 14.3. The van der Waals surface area contributed by atoms with Crippen molar-refractivity contribution < 1.29 is 23.1 Å². The molecule has 0 aliphatic carbocycles. The van der Waals surface area contributed by atoms with Gasteiger partial charge in [0, 0.05) is 18.8 Å². The smallest absolute Gasteiger partial charge is 0.392 e. The average molecular weight is 375 g/mol. The summed E-state index contributed by atoms with van der Waals surface area (Å²) in [6.45, 7) is -0.239. The number of hydrogen-bond donors (Lipinski definition) is 2. The molecule has 8 heteroatoms. The third-order valence-corrected chi connectivity index (χ3v) is 4.00. The number of rotatable bonds is 4. The number of amides is 1. The molecule has 2 N–H and O–H groups in total. The first-order chi connectivity index (χ1) is 12.8. The van der Waals surface area contributed by atoms with E-state index in [4.69, 9.17) is 0 Å². The Morgan fingerprint density at radius 2 is 1.81 bits per heavy atom. The summed E-state index contributed by atoms with van der Waals surface area (Å²) in [5, 5.41) is 16.3. The van der Waals surface area contributed by atoms with E-state index in [0.29, 0.717) is 16.8 Å². The lowest BCUT2D eigenvalue weighted by Crippen LogP contribution is -2.18. The zero-order valence-electron chi connectivity index (χ0n) is 14.3. The van der Waals surface area contributed by atoms with E-state index in [1.54, 1.807) is 31.3 Å². The first-order valence-corrected chi connectivity index (χ1v) is 8.01. The van der Waals surface area contributed by atoms with E-state index >= 15 is 0 Å². The van der Waals surface area contributed by atoms with Gasteiger partial charge in [-0.25, -0.2) is 0 Å². The molecule has 1 heterocycles. The van der Waals surface area contributed by atoms with Crippen molar-refractivity contribution in [3.63, 3.8) is 0 Å². The molecule has 0 aliphatic heterocycles. The second-order valence-corrected chi connectivity index (χ2v) is 5.88. The Hall–Kier alpha value is -3.13. The van der Waals surface area contributed by atoms with Crippen molar-refractivity contribution in [3.8, 4) is 11.3 Å². The highest BCUT2D eigenvalue weighted by atomic mass is 19.4. The summed E-state index contributed by atoms with van der Waals surface area (Å²) in [5.41, 5.74) is 0.293. The minimum Gasteiger partial charge on any atom is -0.392 e. The minimum atomic E-state index is -4.64. The molecular weight excluding hydrogens is 359 g/mol. The quantitative estimate of drug-likeness (QED) is 0.728. The number of carbonyl (C=O) groups is 1. The van der Waals surface area contributed by atoms with E-state index in [1.165, 1.54) is 23.0 Å². The number of carbonyl (C=O) groups excluding carboxylic acids is 1. The number of nitrogens with one attached hydrogen (secondary N) is 1. The Balaban J connectivity index is 2.00. The van der Waals surface area contributed by atoms with E-state index in [0.717, 1.165) is 12.1 Å². The summed E-state index contributed by atoms with van der Waals surface area (Å²) in [5.74, 6) is -0.890. The molecular formula is C19H16F3N3O2. The Labute approximate surface area is 153 Å². The van der Waals surface area contributed by atoms with E-state index in [1.807, 2.05) is 0 Å². The van der Waals surface area contributed by atoms with E-state index in [2.05, 4.69) is 10.4 Å². The fourth-order valence-electron chi connectivity index (χ4n) is 2.79. The molecule has 3 rings (SSSR count). The number of aliphatic hydroxyl groups is 1. The van der Waals surface area contributed by atoms with Crippen molar-refractivity contribution in [2.45, 2.75) is 12.8 Å². The number of benzene rings is 2. The van der Waals surface area contributed by atoms with Crippen LogP contribution in [0, 0.1) is 0 Å². The van der Waals surface area contributed by atoms with E-state index < -0.39 is 23.2 Å². The number of alkyl halides is 3. The molecule has 0 aliphatic rings. The van der Waals surface area contributed by atoms with Crippen LogP contribution in [0.3, 0.4) is 0 Å². The Morgan fingerprint density at radius 1 is 1.15 bits per heavy atom. The molecule has 0 saturated heterocycles. The predicted molar refractivity (Wildman–Crippen MR) is 94.0 cm³/mol. The van der Waals surface area contributed by atoms with Crippen LogP contribution < -0.4 is 5.32 Å². The molecule has 0 radical (unpaired) electrons. The number of nitrogens with zero attached hydrogens (tertiary/aromatic N) is 2. The number of anilines is 1. The van der Waals surface area contributed by atoms with Crippen molar-refractivity contribution in [1.82, 2.24) is 9.78 Å². The van der Waals surface area contributed by atoms with Crippen LogP contribution in [-0.4, -0.2) is 20.8 Å². The number of aliphatic hydroxyl groups excluding tert-OH is 1. The summed E-state index contributed by atoms with van der Waals surface area (Å²) in [4.78, 5) is 12.5. The van der Waals surface area contributed by atoms with Crippen molar-refractivity contribution >= 4 is 11.6 Å². The third kappa shape index (κ3) is 3.85. The van der Waals surface area contributed by atoms with Gasteiger partial charge >= 0.3 is 6.18 Å². The van der Waals surface area contributed by atoms with Crippen molar-refractivity contribution in [2.24, 2.45) is 7.05 Å². The normalized spacial score (nSPS) is 11.4. The van der Waals surface area contributed by atoms with Crippen LogP contribution in [0.25, 0.3) is 11.3 Å². The highest BCUT2D eigenvalue weighted by molar-refractivity contribution is 6.07. The maximum atomic E-state index is 13.2. The summed E-state index contributed by atoms with van der Waals surface area (Å²) in [6, 6.07) is 11.5. The van der Waals surface area contributed by atoms with Crippen LogP contribution in [0.4, 0.5) is 18.9 Å². The van der Waals surface area contributed by atoms with Gasteiger partial charge in [-0.1, -0.05) is 36.4 Å². The molecule has 1 amide bonds. The first-order valence-electron chi connectivity index (χ1n) is 8.01. The first kappa shape index (κ1) is 18.7. The molecule has 0 fully saturated rings. The highest BCUT2D eigenvalue weighted by Gasteiger charge is 2.35. The van der Waals surface area contributed by atoms with Crippen molar-refractivity contribution in [2.75, 3.05) is 5.32 Å².